The van der Waals surface area contributed by atoms with E-state index in [-0.39, 0.29) is 23.9 Å². The first-order valence-corrected chi connectivity index (χ1v) is 11.1. The minimum atomic E-state index is -0.365. The summed E-state index contributed by atoms with van der Waals surface area (Å²) in [5, 5.41) is 11.4. The third-order valence-corrected chi connectivity index (χ3v) is 5.74. The van der Waals surface area contributed by atoms with Gasteiger partial charge in [0.05, 0.1) is 5.92 Å². The van der Waals surface area contributed by atoms with E-state index in [0.29, 0.717) is 36.1 Å². The second kappa shape index (κ2) is 10.2. The summed E-state index contributed by atoms with van der Waals surface area (Å²) in [5.74, 6) is 0.519. The van der Waals surface area contributed by atoms with Crippen LogP contribution in [0.4, 0.5) is 26.7 Å². The maximum absolute atomic E-state index is 12.8. The maximum atomic E-state index is 12.8. The SMILES string of the molecule is O=C(Nc1ccccc1)Nc1cccc(NC(=O)N2CCCC(C(=O)NCC3CC3)C2)c1. The molecule has 1 aliphatic heterocycles. The molecule has 1 aliphatic carbocycles. The first kappa shape index (κ1) is 21.7. The smallest absolute Gasteiger partial charge is 0.323 e. The van der Waals surface area contributed by atoms with E-state index in [4.69, 9.17) is 0 Å². The molecule has 2 fully saturated rings. The highest BCUT2D eigenvalue weighted by atomic mass is 16.2. The number of hydrogen-bond acceptors (Lipinski definition) is 3. The highest BCUT2D eigenvalue weighted by molar-refractivity contribution is 6.00. The van der Waals surface area contributed by atoms with Crippen molar-refractivity contribution in [1.29, 1.82) is 0 Å². The van der Waals surface area contributed by atoms with Crippen molar-refractivity contribution in [2.75, 3.05) is 35.6 Å². The van der Waals surface area contributed by atoms with Gasteiger partial charge in [0.25, 0.3) is 0 Å². The zero-order chi connectivity index (χ0) is 22.3. The normalized spacial score (nSPS) is 17.9. The van der Waals surface area contributed by atoms with Gasteiger partial charge in [-0.2, -0.15) is 0 Å². The number of amides is 5. The van der Waals surface area contributed by atoms with Crippen LogP contribution in [0.3, 0.4) is 0 Å². The molecule has 0 radical (unpaired) electrons. The van der Waals surface area contributed by atoms with Crippen LogP contribution in [0.15, 0.2) is 54.6 Å². The van der Waals surface area contributed by atoms with E-state index >= 15 is 0 Å². The van der Waals surface area contributed by atoms with E-state index in [1.807, 2.05) is 18.2 Å². The Hall–Kier alpha value is -3.55. The van der Waals surface area contributed by atoms with Gasteiger partial charge in [0, 0.05) is 36.7 Å². The van der Waals surface area contributed by atoms with Gasteiger partial charge in [-0.3, -0.25) is 4.79 Å². The topological polar surface area (TPSA) is 103 Å². The number of urea groups is 2. The van der Waals surface area contributed by atoms with Gasteiger partial charge in [-0.1, -0.05) is 24.3 Å². The molecule has 1 atom stereocenters. The quantitative estimate of drug-likeness (QED) is 0.549. The first-order valence-electron chi connectivity index (χ1n) is 11.1. The molecular formula is C24H29N5O3. The minimum Gasteiger partial charge on any atom is -0.356 e. The molecule has 4 rings (SSSR count). The minimum absolute atomic E-state index is 0.0463. The number of anilines is 3. The van der Waals surface area contributed by atoms with E-state index < -0.39 is 0 Å². The van der Waals surface area contributed by atoms with Crippen molar-refractivity contribution in [2.45, 2.75) is 25.7 Å². The Bertz CT molecular complexity index is 961. The van der Waals surface area contributed by atoms with Crippen molar-refractivity contribution in [1.82, 2.24) is 10.2 Å². The molecule has 4 N–H and O–H groups in total. The molecule has 0 bridgehead atoms. The molecule has 1 unspecified atom stereocenters. The summed E-state index contributed by atoms with van der Waals surface area (Å²) in [6.07, 6.45) is 4.00. The van der Waals surface area contributed by atoms with Gasteiger partial charge in [-0.15, -0.1) is 0 Å². The monoisotopic (exact) mass is 435 g/mol. The Morgan fingerprint density at radius 3 is 2.28 bits per heavy atom. The average Bonchev–Trinajstić information content (AvgIpc) is 3.63. The fourth-order valence-electron chi connectivity index (χ4n) is 3.78. The molecule has 2 aromatic rings. The zero-order valence-electron chi connectivity index (χ0n) is 18.0. The number of carbonyl (C=O) groups is 3. The van der Waals surface area contributed by atoms with Crippen molar-refractivity contribution in [3.05, 3.63) is 54.6 Å². The van der Waals surface area contributed by atoms with E-state index in [9.17, 15) is 14.4 Å². The molecule has 0 aromatic heterocycles. The fraction of sp³-hybridized carbons (Fsp3) is 0.375. The van der Waals surface area contributed by atoms with Crippen molar-refractivity contribution in [2.24, 2.45) is 11.8 Å². The number of para-hydroxylation sites is 1. The Kier molecular flexibility index (Phi) is 6.89. The number of nitrogens with one attached hydrogen (secondary N) is 4. The van der Waals surface area contributed by atoms with Crippen molar-refractivity contribution >= 4 is 35.0 Å². The lowest BCUT2D eigenvalue weighted by atomic mass is 9.97. The lowest BCUT2D eigenvalue weighted by Gasteiger charge is -2.32. The van der Waals surface area contributed by atoms with Crippen LogP contribution >= 0.6 is 0 Å². The van der Waals surface area contributed by atoms with Crippen LogP contribution in [-0.4, -0.2) is 42.5 Å². The summed E-state index contributed by atoms with van der Waals surface area (Å²) in [4.78, 5) is 39.1. The number of piperidine rings is 1. The zero-order valence-corrected chi connectivity index (χ0v) is 18.0. The van der Waals surface area contributed by atoms with Gasteiger partial charge in [0.1, 0.15) is 0 Å². The fourth-order valence-corrected chi connectivity index (χ4v) is 3.78. The Labute approximate surface area is 187 Å². The first-order chi connectivity index (χ1) is 15.6. The van der Waals surface area contributed by atoms with Crippen LogP contribution in [0.25, 0.3) is 0 Å². The predicted octanol–water partition coefficient (Wildman–Crippen LogP) is 4.10. The van der Waals surface area contributed by atoms with Crippen LogP contribution in [0, 0.1) is 11.8 Å². The summed E-state index contributed by atoms with van der Waals surface area (Å²) in [7, 11) is 0. The van der Waals surface area contributed by atoms with Gasteiger partial charge in [0.2, 0.25) is 5.91 Å². The summed E-state index contributed by atoms with van der Waals surface area (Å²) in [6, 6.07) is 15.5. The number of hydrogen-bond donors (Lipinski definition) is 4. The average molecular weight is 436 g/mol. The third-order valence-electron chi connectivity index (χ3n) is 5.74. The predicted molar refractivity (Wildman–Crippen MR) is 125 cm³/mol. The molecule has 0 spiro atoms. The van der Waals surface area contributed by atoms with Crippen LogP contribution < -0.4 is 21.3 Å². The molecule has 1 saturated heterocycles. The number of nitrogens with zero attached hydrogens (tertiary/aromatic N) is 1. The maximum Gasteiger partial charge on any atom is 0.323 e. The number of benzene rings is 2. The molecule has 8 nitrogen and oxygen atoms in total. The van der Waals surface area contributed by atoms with Crippen LogP contribution in [0.2, 0.25) is 0 Å². The molecule has 32 heavy (non-hydrogen) atoms. The Morgan fingerprint density at radius 1 is 0.844 bits per heavy atom. The molecule has 8 heteroatoms. The van der Waals surface area contributed by atoms with Gasteiger partial charge < -0.3 is 26.2 Å². The third kappa shape index (κ3) is 6.23. The number of rotatable bonds is 6. The van der Waals surface area contributed by atoms with E-state index in [0.717, 1.165) is 19.4 Å². The van der Waals surface area contributed by atoms with Crippen LogP contribution in [-0.2, 0) is 4.79 Å². The summed E-state index contributed by atoms with van der Waals surface area (Å²) >= 11 is 0. The van der Waals surface area contributed by atoms with Crippen LogP contribution in [0.5, 0.6) is 0 Å². The van der Waals surface area contributed by atoms with Crippen molar-refractivity contribution in [3.8, 4) is 0 Å². The standard InChI is InChI=1S/C24H29N5O3/c30-22(25-15-17-11-12-17)18-6-5-13-29(16-18)24(32)28-21-10-4-9-20(14-21)27-23(31)26-19-7-2-1-3-8-19/h1-4,7-10,14,17-18H,5-6,11-13,15-16H2,(H,25,30)(H,28,32)(H2,26,27,31). The Balaban J connectivity index is 1.29. The molecular weight excluding hydrogens is 406 g/mol. The molecule has 168 valence electrons. The highest BCUT2D eigenvalue weighted by Crippen LogP contribution is 2.28. The summed E-state index contributed by atoms with van der Waals surface area (Å²) < 4.78 is 0. The van der Waals surface area contributed by atoms with E-state index in [1.54, 1.807) is 41.3 Å². The summed E-state index contributed by atoms with van der Waals surface area (Å²) in [6.45, 7) is 1.79. The van der Waals surface area contributed by atoms with Crippen LogP contribution in [0.1, 0.15) is 25.7 Å². The second-order valence-corrected chi connectivity index (χ2v) is 8.43. The molecule has 1 heterocycles. The number of carbonyl (C=O) groups excluding carboxylic acids is 3. The lowest BCUT2D eigenvalue weighted by Crippen LogP contribution is -2.47. The molecule has 1 saturated carbocycles. The lowest BCUT2D eigenvalue weighted by molar-refractivity contribution is -0.126. The van der Waals surface area contributed by atoms with E-state index in [2.05, 4.69) is 21.3 Å². The second-order valence-electron chi connectivity index (χ2n) is 8.43. The Morgan fingerprint density at radius 2 is 1.53 bits per heavy atom. The van der Waals surface area contributed by atoms with Crippen molar-refractivity contribution in [3.63, 3.8) is 0 Å². The van der Waals surface area contributed by atoms with Gasteiger partial charge in [-0.05, 0) is 61.9 Å². The summed E-state index contributed by atoms with van der Waals surface area (Å²) in [5.41, 5.74) is 1.83. The molecule has 5 amide bonds. The molecule has 2 aliphatic rings. The van der Waals surface area contributed by atoms with Gasteiger partial charge >= 0.3 is 12.1 Å². The van der Waals surface area contributed by atoms with Gasteiger partial charge in [-0.25, -0.2) is 9.59 Å². The highest BCUT2D eigenvalue weighted by Gasteiger charge is 2.30. The largest absolute Gasteiger partial charge is 0.356 e. The van der Waals surface area contributed by atoms with Gasteiger partial charge in [0.15, 0.2) is 0 Å². The number of likely N-dealkylation sites (tertiary alicyclic amines) is 1. The molecule has 2 aromatic carbocycles. The van der Waals surface area contributed by atoms with E-state index in [1.165, 1.54) is 12.8 Å². The van der Waals surface area contributed by atoms with Crippen molar-refractivity contribution < 1.29 is 14.4 Å².